The molecule has 6 heteroatoms. The number of nitrogens with one attached hydrogen (secondary N) is 1. The summed E-state index contributed by atoms with van der Waals surface area (Å²) in [5.74, 6) is 2.03. The second-order valence-corrected chi connectivity index (χ2v) is 5.15. The summed E-state index contributed by atoms with van der Waals surface area (Å²) in [5, 5.41) is 3.26. The Morgan fingerprint density at radius 1 is 1.11 bits per heavy atom. The summed E-state index contributed by atoms with van der Waals surface area (Å²) in [4.78, 5) is 12.3. The van der Waals surface area contributed by atoms with Crippen molar-refractivity contribution in [1.82, 2.24) is 15.0 Å². The number of hydrogen-bond donors (Lipinski definition) is 1. The molecule has 1 fully saturated rings. The summed E-state index contributed by atoms with van der Waals surface area (Å²) in [6.45, 7) is 3.21. The molecule has 2 rings (SSSR count). The van der Waals surface area contributed by atoms with Crippen LogP contribution in [0.1, 0.15) is 32.6 Å². The number of aromatic nitrogens is 3. The lowest BCUT2D eigenvalue weighted by molar-refractivity contribution is 0.292. The molecule has 1 aliphatic carbocycles. The van der Waals surface area contributed by atoms with E-state index in [1.54, 1.807) is 0 Å². The topological polar surface area (TPSA) is 69.2 Å². The average Bonchev–Trinajstić information content (AvgIpc) is 2.44. The fourth-order valence-electron chi connectivity index (χ4n) is 2.58. The Morgan fingerprint density at radius 3 is 2.37 bits per heavy atom. The number of anilines is 1. The third kappa shape index (κ3) is 3.94. The van der Waals surface area contributed by atoms with E-state index in [9.17, 15) is 0 Å². The van der Waals surface area contributed by atoms with Gasteiger partial charge in [0, 0.05) is 6.54 Å². The van der Waals surface area contributed by atoms with Crippen LogP contribution in [0, 0.1) is 11.8 Å². The lowest BCUT2D eigenvalue weighted by Gasteiger charge is -2.26. The molecule has 6 nitrogen and oxygen atoms in total. The van der Waals surface area contributed by atoms with Gasteiger partial charge in [-0.2, -0.15) is 9.97 Å². The molecule has 0 aliphatic heterocycles. The van der Waals surface area contributed by atoms with Crippen LogP contribution in [-0.4, -0.2) is 35.7 Å². The molecule has 0 saturated heterocycles. The number of hydrogen-bond acceptors (Lipinski definition) is 6. The minimum Gasteiger partial charge on any atom is -0.467 e. The van der Waals surface area contributed by atoms with Gasteiger partial charge in [0.25, 0.3) is 0 Å². The summed E-state index contributed by atoms with van der Waals surface area (Å²) in [5.41, 5.74) is 0. The Bertz CT molecular complexity index is 391. The van der Waals surface area contributed by atoms with E-state index >= 15 is 0 Å². The molecule has 1 N–H and O–H groups in total. The molecule has 19 heavy (non-hydrogen) atoms. The smallest absolute Gasteiger partial charge is 0.324 e. The first-order chi connectivity index (χ1) is 9.21. The van der Waals surface area contributed by atoms with E-state index in [1.165, 1.54) is 39.9 Å². The van der Waals surface area contributed by atoms with Crippen LogP contribution in [0.5, 0.6) is 12.0 Å². The van der Waals surface area contributed by atoms with E-state index in [4.69, 9.17) is 9.47 Å². The van der Waals surface area contributed by atoms with Gasteiger partial charge < -0.3 is 14.8 Å². The molecule has 1 aromatic rings. The Balaban J connectivity index is 1.94. The fourth-order valence-corrected chi connectivity index (χ4v) is 2.58. The highest BCUT2D eigenvalue weighted by Crippen LogP contribution is 2.28. The molecule has 1 heterocycles. The second-order valence-electron chi connectivity index (χ2n) is 5.15. The Hall–Kier alpha value is -1.59. The largest absolute Gasteiger partial charge is 0.467 e. The van der Waals surface area contributed by atoms with Gasteiger partial charge in [-0.1, -0.05) is 19.8 Å². The molecule has 0 radical (unpaired) electrons. The van der Waals surface area contributed by atoms with Crippen LogP contribution in [-0.2, 0) is 0 Å². The van der Waals surface area contributed by atoms with Gasteiger partial charge in [-0.15, -0.1) is 4.98 Å². The molecule has 0 spiro atoms. The minimum absolute atomic E-state index is 0.270. The maximum absolute atomic E-state index is 5.02. The van der Waals surface area contributed by atoms with Crippen LogP contribution in [0.3, 0.4) is 0 Å². The summed E-state index contributed by atoms with van der Waals surface area (Å²) in [6, 6.07) is 0.540. The molecular weight excluding hydrogens is 244 g/mol. The molecule has 106 valence electrons. The van der Waals surface area contributed by atoms with Crippen molar-refractivity contribution < 1.29 is 9.47 Å². The first-order valence-electron chi connectivity index (χ1n) is 6.79. The number of nitrogens with zero attached hydrogens (tertiary/aromatic N) is 3. The van der Waals surface area contributed by atoms with E-state index in [0.717, 1.165) is 12.5 Å². The van der Waals surface area contributed by atoms with Gasteiger partial charge in [-0.05, 0) is 24.7 Å². The standard InChI is InChI=1S/C13H22N4O2/c1-9-5-4-6-10(7-9)8-14-11-15-12(18-2)17-13(16-11)19-3/h9-10H,4-8H2,1-3H3,(H,14,15,16,17). The normalized spacial score (nSPS) is 22.9. The molecule has 1 aromatic heterocycles. The average molecular weight is 266 g/mol. The highest BCUT2D eigenvalue weighted by molar-refractivity contribution is 5.27. The highest BCUT2D eigenvalue weighted by Gasteiger charge is 2.19. The van der Waals surface area contributed by atoms with Crippen LogP contribution in [0.4, 0.5) is 5.95 Å². The molecular formula is C13H22N4O2. The molecule has 2 unspecified atom stereocenters. The lowest BCUT2D eigenvalue weighted by Crippen LogP contribution is -2.22. The van der Waals surface area contributed by atoms with Crippen molar-refractivity contribution in [3.63, 3.8) is 0 Å². The van der Waals surface area contributed by atoms with Crippen LogP contribution < -0.4 is 14.8 Å². The quantitative estimate of drug-likeness (QED) is 0.880. The first kappa shape index (κ1) is 13.8. The maximum atomic E-state index is 5.02. The van der Waals surface area contributed by atoms with Gasteiger partial charge in [0.2, 0.25) is 5.95 Å². The third-order valence-electron chi connectivity index (χ3n) is 3.55. The summed E-state index contributed by atoms with van der Waals surface area (Å²) in [7, 11) is 3.06. The van der Waals surface area contributed by atoms with E-state index in [-0.39, 0.29) is 12.0 Å². The zero-order valence-corrected chi connectivity index (χ0v) is 11.8. The van der Waals surface area contributed by atoms with Gasteiger partial charge in [0.05, 0.1) is 14.2 Å². The van der Waals surface area contributed by atoms with E-state index in [1.807, 2.05) is 0 Å². The lowest BCUT2D eigenvalue weighted by atomic mass is 9.82. The molecule has 0 bridgehead atoms. The van der Waals surface area contributed by atoms with E-state index < -0.39 is 0 Å². The van der Waals surface area contributed by atoms with Crippen LogP contribution in [0.15, 0.2) is 0 Å². The van der Waals surface area contributed by atoms with Gasteiger partial charge in [0.1, 0.15) is 0 Å². The number of ether oxygens (including phenoxy) is 2. The highest BCUT2D eigenvalue weighted by atomic mass is 16.5. The molecule has 0 amide bonds. The Morgan fingerprint density at radius 2 is 1.79 bits per heavy atom. The zero-order chi connectivity index (χ0) is 13.7. The van der Waals surface area contributed by atoms with E-state index in [0.29, 0.717) is 11.9 Å². The molecule has 1 saturated carbocycles. The predicted octanol–water partition coefficient (Wildman–Crippen LogP) is 2.13. The van der Waals surface area contributed by atoms with Gasteiger partial charge in [0.15, 0.2) is 0 Å². The SMILES string of the molecule is COc1nc(NCC2CCCC(C)C2)nc(OC)n1. The van der Waals surface area contributed by atoms with Crippen LogP contribution in [0.25, 0.3) is 0 Å². The van der Waals surface area contributed by atoms with Crippen molar-refractivity contribution in [3.05, 3.63) is 0 Å². The fraction of sp³-hybridized carbons (Fsp3) is 0.769. The van der Waals surface area contributed by atoms with Gasteiger partial charge >= 0.3 is 12.0 Å². The Labute approximate surface area is 114 Å². The van der Waals surface area contributed by atoms with Crippen molar-refractivity contribution >= 4 is 5.95 Å². The third-order valence-corrected chi connectivity index (χ3v) is 3.55. The number of methoxy groups -OCH3 is 2. The first-order valence-corrected chi connectivity index (χ1v) is 6.79. The maximum Gasteiger partial charge on any atom is 0.324 e. The Kier molecular flexibility index (Phi) is 4.76. The summed E-state index contributed by atoms with van der Waals surface area (Å²) in [6.07, 6.45) is 5.21. The monoisotopic (exact) mass is 266 g/mol. The zero-order valence-electron chi connectivity index (χ0n) is 11.8. The summed E-state index contributed by atoms with van der Waals surface area (Å²) < 4.78 is 10.0. The molecule has 2 atom stereocenters. The van der Waals surface area contributed by atoms with Crippen LogP contribution in [0.2, 0.25) is 0 Å². The van der Waals surface area contributed by atoms with Crippen molar-refractivity contribution in [3.8, 4) is 12.0 Å². The molecule has 1 aliphatic rings. The van der Waals surface area contributed by atoms with Crippen molar-refractivity contribution in [2.75, 3.05) is 26.1 Å². The van der Waals surface area contributed by atoms with E-state index in [2.05, 4.69) is 27.2 Å². The minimum atomic E-state index is 0.270. The van der Waals surface area contributed by atoms with Crippen LogP contribution >= 0.6 is 0 Å². The van der Waals surface area contributed by atoms with Crippen molar-refractivity contribution in [2.45, 2.75) is 32.6 Å². The molecule has 0 aromatic carbocycles. The van der Waals surface area contributed by atoms with Crippen molar-refractivity contribution in [1.29, 1.82) is 0 Å². The van der Waals surface area contributed by atoms with Gasteiger partial charge in [-0.25, -0.2) is 0 Å². The van der Waals surface area contributed by atoms with Crippen molar-refractivity contribution in [2.24, 2.45) is 11.8 Å². The number of rotatable bonds is 5. The second kappa shape index (κ2) is 6.54. The van der Waals surface area contributed by atoms with Gasteiger partial charge in [-0.3, -0.25) is 0 Å². The summed E-state index contributed by atoms with van der Waals surface area (Å²) >= 11 is 0. The predicted molar refractivity (Wildman–Crippen MR) is 72.5 cm³/mol.